The zero-order valence-electron chi connectivity index (χ0n) is 36.2. The minimum atomic E-state index is -3.00. The number of piperidine rings is 3. The summed E-state index contributed by atoms with van der Waals surface area (Å²) in [6, 6.07) is 10.6. The highest BCUT2D eigenvalue weighted by Crippen LogP contribution is 2.52. The number of ether oxygens (including phenoxy) is 1. The quantitative estimate of drug-likeness (QED) is 0.180. The van der Waals surface area contributed by atoms with E-state index in [9.17, 15) is 28.8 Å². The number of likely N-dealkylation sites (tertiary alicyclic amines) is 1. The zero-order chi connectivity index (χ0) is 45.9. The van der Waals surface area contributed by atoms with E-state index in [4.69, 9.17) is 21.3 Å². The molecule has 0 bridgehead atoms. The van der Waals surface area contributed by atoms with Crippen molar-refractivity contribution in [2.45, 2.75) is 64.0 Å². The van der Waals surface area contributed by atoms with E-state index in [0.29, 0.717) is 65.2 Å². The highest BCUT2D eigenvalue weighted by molar-refractivity contribution is 6.33. The molecule has 0 aliphatic carbocycles. The number of aromatic nitrogens is 3. The van der Waals surface area contributed by atoms with Gasteiger partial charge in [0.1, 0.15) is 11.1 Å². The molecule has 17 nitrogen and oxygen atoms in total. The number of imide groups is 2. The maximum Gasteiger partial charge on any atom is 0.293 e. The number of nitrogens with one attached hydrogen (secondary N) is 3. The molecule has 1 unspecified atom stereocenters. The molecular weight excluding hydrogens is 866 g/mol. The van der Waals surface area contributed by atoms with Crippen molar-refractivity contribution in [2.24, 2.45) is 11.3 Å². The summed E-state index contributed by atoms with van der Waals surface area (Å²) < 4.78 is 39.6. The van der Waals surface area contributed by atoms with Gasteiger partial charge in [-0.3, -0.25) is 43.9 Å². The van der Waals surface area contributed by atoms with Crippen molar-refractivity contribution in [1.82, 2.24) is 35.0 Å². The number of benzene rings is 2. The largest absolute Gasteiger partial charge is 0.478 e. The van der Waals surface area contributed by atoms with Gasteiger partial charge in [-0.25, -0.2) is 13.8 Å². The minimum absolute atomic E-state index is 0.00126. The molecule has 9 rings (SSSR count). The van der Waals surface area contributed by atoms with Crippen molar-refractivity contribution in [1.29, 1.82) is 0 Å². The number of alkyl halides is 2. The Labute approximate surface area is 377 Å². The summed E-state index contributed by atoms with van der Waals surface area (Å²) in [6.45, 7) is 5.44. The first kappa shape index (κ1) is 44.0. The standard InChI is InChI=1S/C45H49ClF2N10O7/c1-25(2)57-31-8-7-28(17-27(31)18-34(41(57)63)65-21-36(60)49-3)51-38-30(46)19-50-43(53-38)55-14-11-26(12-15-55)20-54-16-13-44(45(47,48)24-54)22-56(23-44)32-6-4-5-29-37(32)42(64)58(40(29)62)33-9-10-35(59)52-39(33)61/h4-8,17-19,25-26,33H,9-16,20-24H2,1-3H3,(H,49,60)(H,50,51,53)(H,52,59,61). The van der Waals surface area contributed by atoms with Gasteiger partial charge in [0.25, 0.3) is 29.2 Å². The van der Waals surface area contributed by atoms with Gasteiger partial charge >= 0.3 is 0 Å². The fourth-order valence-electron chi connectivity index (χ4n) is 9.89. The number of nitrogens with zero attached hydrogens (tertiary/aromatic N) is 7. The van der Waals surface area contributed by atoms with Crippen molar-refractivity contribution in [3.8, 4) is 5.75 Å². The molecule has 3 N–H and O–H groups in total. The molecule has 2 aromatic heterocycles. The van der Waals surface area contributed by atoms with E-state index >= 15 is 8.78 Å². The number of pyridine rings is 1. The second kappa shape index (κ2) is 17.0. The summed E-state index contributed by atoms with van der Waals surface area (Å²) in [5, 5.41) is 8.96. The molecule has 20 heteroatoms. The third-order valence-electron chi connectivity index (χ3n) is 13.4. The molecule has 7 heterocycles. The molecule has 5 aliphatic rings. The molecule has 4 fully saturated rings. The number of amides is 5. The fraction of sp³-hybridized carbons (Fsp3) is 0.467. The van der Waals surface area contributed by atoms with Crippen LogP contribution in [0.25, 0.3) is 10.9 Å². The number of likely N-dealkylation sites (N-methyl/N-ethyl adjacent to an activating group) is 1. The second-order valence-electron chi connectivity index (χ2n) is 17.9. The second-order valence-corrected chi connectivity index (χ2v) is 18.3. The fourth-order valence-corrected chi connectivity index (χ4v) is 10.0. The van der Waals surface area contributed by atoms with Gasteiger partial charge in [-0.05, 0) is 88.4 Å². The average molecular weight is 915 g/mol. The van der Waals surface area contributed by atoms with Crippen LogP contribution in [0.3, 0.4) is 0 Å². The maximum atomic E-state index is 16.2. The Kier molecular flexibility index (Phi) is 11.5. The van der Waals surface area contributed by atoms with Gasteiger partial charge in [0.2, 0.25) is 17.8 Å². The van der Waals surface area contributed by atoms with Gasteiger partial charge in [-0.15, -0.1) is 0 Å². The van der Waals surface area contributed by atoms with Crippen LogP contribution in [0.2, 0.25) is 5.02 Å². The van der Waals surface area contributed by atoms with E-state index in [1.165, 1.54) is 19.3 Å². The highest BCUT2D eigenvalue weighted by atomic mass is 35.5. The van der Waals surface area contributed by atoms with E-state index in [1.807, 2.05) is 36.9 Å². The van der Waals surface area contributed by atoms with E-state index in [2.05, 4.69) is 25.8 Å². The van der Waals surface area contributed by atoms with Crippen LogP contribution >= 0.6 is 11.6 Å². The molecule has 1 atom stereocenters. The van der Waals surface area contributed by atoms with Crippen LogP contribution in [0.4, 0.5) is 31.9 Å². The van der Waals surface area contributed by atoms with Crippen molar-refractivity contribution in [3.05, 3.63) is 75.2 Å². The Morgan fingerprint density at radius 2 is 1.75 bits per heavy atom. The predicted molar refractivity (Wildman–Crippen MR) is 237 cm³/mol. The number of carbonyl (C=O) groups excluding carboxylic acids is 5. The molecule has 4 saturated heterocycles. The normalized spacial score (nSPS) is 20.9. The topological polar surface area (TPSA) is 191 Å². The van der Waals surface area contributed by atoms with Crippen LogP contribution in [-0.4, -0.2) is 125 Å². The van der Waals surface area contributed by atoms with Gasteiger partial charge in [0.05, 0.1) is 40.5 Å². The summed E-state index contributed by atoms with van der Waals surface area (Å²) in [6.07, 6.45) is 3.34. The first-order valence-corrected chi connectivity index (χ1v) is 22.2. The molecule has 1 spiro atoms. The minimum Gasteiger partial charge on any atom is -0.478 e. The van der Waals surface area contributed by atoms with Gasteiger partial charge in [-0.1, -0.05) is 17.7 Å². The van der Waals surface area contributed by atoms with Crippen LogP contribution in [0.15, 0.2) is 53.5 Å². The van der Waals surface area contributed by atoms with Gasteiger partial charge in [0, 0.05) is 63.3 Å². The first-order chi connectivity index (χ1) is 31.1. The Bertz CT molecular complexity index is 2680. The van der Waals surface area contributed by atoms with Crippen molar-refractivity contribution in [3.63, 3.8) is 0 Å². The number of hydrogen-bond donors (Lipinski definition) is 3. The molecule has 2 aromatic carbocycles. The monoisotopic (exact) mass is 914 g/mol. The lowest BCUT2D eigenvalue weighted by atomic mass is 9.68. The van der Waals surface area contributed by atoms with Crippen molar-refractivity contribution < 1.29 is 37.5 Å². The van der Waals surface area contributed by atoms with E-state index < -0.39 is 41.0 Å². The Morgan fingerprint density at radius 3 is 2.46 bits per heavy atom. The Balaban J connectivity index is 0.803. The number of anilines is 4. The maximum absolute atomic E-state index is 16.2. The van der Waals surface area contributed by atoms with E-state index in [-0.39, 0.29) is 85.8 Å². The van der Waals surface area contributed by atoms with Crippen molar-refractivity contribution >= 4 is 75.2 Å². The van der Waals surface area contributed by atoms with E-state index in [1.54, 1.807) is 27.7 Å². The molecule has 0 saturated carbocycles. The molecule has 342 valence electrons. The van der Waals surface area contributed by atoms with Crippen LogP contribution in [0, 0.1) is 11.3 Å². The summed E-state index contributed by atoms with van der Waals surface area (Å²) in [5.74, 6) is -4.72. The Morgan fingerprint density at radius 1 is 0.985 bits per heavy atom. The van der Waals surface area contributed by atoms with Crippen LogP contribution < -0.4 is 36.0 Å². The van der Waals surface area contributed by atoms with Gasteiger partial charge in [-0.2, -0.15) is 4.98 Å². The predicted octanol–water partition coefficient (Wildman–Crippen LogP) is 4.36. The van der Waals surface area contributed by atoms with Gasteiger partial charge in [0.15, 0.2) is 18.2 Å². The Hall–Kier alpha value is -6.21. The summed E-state index contributed by atoms with van der Waals surface area (Å²) >= 11 is 6.58. The number of fused-ring (bicyclic) bond motifs is 2. The number of halogens is 3. The van der Waals surface area contributed by atoms with Crippen LogP contribution in [0.1, 0.15) is 72.7 Å². The summed E-state index contributed by atoms with van der Waals surface area (Å²) in [5.41, 5.74) is 0.337. The summed E-state index contributed by atoms with van der Waals surface area (Å²) in [4.78, 5) is 92.2. The molecule has 5 aliphatic heterocycles. The zero-order valence-corrected chi connectivity index (χ0v) is 36.9. The number of rotatable bonds is 11. The third kappa shape index (κ3) is 8.02. The van der Waals surface area contributed by atoms with E-state index in [0.717, 1.165) is 17.7 Å². The molecule has 4 aromatic rings. The summed E-state index contributed by atoms with van der Waals surface area (Å²) in [7, 11) is 1.49. The number of carbonyl (C=O) groups is 5. The molecule has 0 radical (unpaired) electrons. The lowest BCUT2D eigenvalue weighted by Crippen LogP contribution is -2.70. The molecule has 5 amide bonds. The molecular formula is C45H49ClF2N10O7. The van der Waals surface area contributed by atoms with Crippen molar-refractivity contribution in [2.75, 3.05) is 74.6 Å². The first-order valence-electron chi connectivity index (χ1n) is 21.8. The SMILES string of the molecule is CNC(=O)COc1cc2cc(Nc3nc(N4CCC(CN5CCC6(CN(c7cccc8c7C(=O)N(C7CCC(=O)NC7=O)C8=O)C6)C(F)(F)C5)CC4)ncc3Cl)ccc2n(C(C)C)c1=O. The number of hydrogen-bond acceptors (Lipinski definition) is 13. The highest BCUT2D eigenvalue weighted by Gasteiger charge is 2.63. The third-order valence-corrected chi connectivity index (χ3v) is 13.7. The molecule has 65 heavy (non-hydrogen) atoms. The lowest BCUT2D eigenvalue weighted by molar-refractivity contribution is -0.181. The smallest absolute Gasteiger partial charge is 0.293 e. The van der Waals surface area contributed by atoms with Gasteiger partial charge < -0.3 is 29.7 Å². The van der Waals surface area contributed by atoms with Crippen LogP contribution in [-0.2, 0) is 14.4 Å². The van der Waals surface area contributed by atoms with Crippen LogP contribution in [0.5, 0.6) is 5.75 Å². The average Bonchev–Trinajstić information content (AvgIpc) is 3.51. The lowest BCUT2D eigenvalue weighted by Gasteiger charge is -2.58.